The van der Waals surface area contributed by atoms with Gasteiger partial charge in [0.05, 0.1) is 28.1 Å². The Morgan fingerprint density at radius 2 is 2.17 bits per heavy atom. The summed E-state index contributed by atoms with van der Waals surface area (Å²) in [6.45, 7) is 0.126. The molecular formula is C14H15ClN6O3. The Morgan fingerprint density at radius 1 is 1.42 bits per heavy atom. The van der Waals surface area contributed by atoms with Crippen LogP contribution in [0.25, 0.3) is 0 Å². The maximum Gasteiger partial charge on any atom is 0.270 e. The molecule has 0 aliphatic heterocycles. The number of nitro groups is 1. The summed E-state index contributed by atoms with van der Waals surface area (Å²) in [6, 6.07) is 3.99. The molecule has 126 valence electrons. The predicted molar refractivity (Wildman–Crippen MR) is 84.6 cm³/mol. The van der Waals surface area contributed by atoms with Crippen LogP contribution in [0.1, 0.15) is 47.9 Å². The number of nitrogens with zero attached hydrogens (tertiary/aromatic N) is 5. The van der Waals surface area contributed by atoms with E-state index >= 15 is 0 Å². The zero-order valence-electron chi connectivity index (χ0n) is 12.7. The van der Waals surface area contributed by atoms with E-state index in [0.29, 0.717) is 5.82 Å². The van der Waals surface area contributed by atoms with Gasteiger partial charge in [-0.3, -0.25) is 14.9 Å². The van der Waals surface area contributed by atoms with Gasteiger partial charge in [0.1, 0.15) is 0 Å². The normalized spacial score (nSPS) is 14.7. The van der Waals surface area contributed by atoms with Crippen molar-refractivity contribution in [1.29, 1.82) is 0 Å². The second kappa shape index (κ2) is 6.91. The van der Waals surface area contributed by atoms with Crippen LogP contribution in [0.4, 0.5) is 5.69 Å². The minimum absolute atomic E-state index is 0.0470. The van der Waals surface area contributed by atoms with E-state index in [1.54, 1.807) is 4.68 Å². The number of benzene rings is 1. The van der Waals surface area contributed by atoms with E-state index in [0.717, 1.165) is 31.7 Å². The molecule has 1 aliphatic rings. The second-order valence-electron chi connectivity index (χ2n) is 5.58. The van der Waals surface area contributed by atoms with Crippen LogP contribution in [0.3, 0.4) is 0 Å². The Bertz CT molecular complexity index is 772. The molecule has 10 heteroatoms. The fourth-order valence-corrected chi connectivity index (χ4v) is 3.02. The van der Waals surface area contributed by atoms with Crippen LogP contribution in [0.2, 0.25) is 5.02 Å². The van der Waals surface area contributed by atoms with Crippen molar-refractivity contribution in [2.75, 3.05) is 0 Å². The van der Waals surface area contributed by atoms with E-state index in [2.05, 4.69) is 20.8 Å². The molecule has 0 bridgehead atoms. The van der Waals surface area contributed by atoms with Crippen LogP contribution in [-0.2, 0) is 6.54 Å². The van der Waals surface area contributed by atoms with Gasteiger partial charge in [0.25, 0.3) is 11.6 Å². The maximum absolute atomic E-state index is 12.3. The molecule has 24 heavy (non-hydrogen) atoms. The summed E-state index contributed by atoms with van der Waals surface area (Å²) in [5, 5.41) is 25.2. The zero-order chi connectivity index (χ0) is 17.1. The van der Waals surface area contributed by atoms with Gasteiger partial charge in [-0.2, -0.15) is 0 Å². The van der Waals surface area contributed by atoms with Gasteiger partial charge < -0.3 is 5.32 Å². The van der Waals surface area contributed by atoms with Crippen molar-refractivity contribution in [1.82, 2.24) is 25.5 Å². The minimum Gasteiger partial charge on any atom is -0.345 e. The molecular weight excluding hydrogens is 336 g/mol. The topological polar surface area (TPSA) is 116 Å². The van der Waals surface area contributed by atoms with Crippen LogP contribution in [-0.4, -0.2) is 31.0 Å². The van der Waals surface area contributed by atoms with Crippen molar-refractivity contribution < 1.29 is 9.72 Å². The number of hydrogen-bond acceptors (Lipinski definition) is 6. The Morgan fingerprint density at radius 3 is 2.88 bits per heavy atom. The highest BCUT2D eigenvalue weighted by Gasteiger charge is 2.22. The van der Waals surface area contributed by atoms with Crippen molar-refractivity contribution in [3.8, 4) is 0 Å². The molecule has 0 atom stereocenters. The van der Waals surface area contributed by atoms with Crippen molar-refractivity contribution in [3.05, 3.63) is 44.7 Å². The molecule has 1 aromatic heterocycles. The zero-order valence-corrected chi connectivity index (χ0v) is 13.4. The largest absolute Gasteiger partial charge is 0.345 e. The highest BCUT2D eigenvalue weighted by atomic mass is 35.5. The fourth-order valence-electron chi connectivity index (χ4n) is 2.82. The molecule has 1 amide bonds. The standard InChI is InChI=1S/C14H15ClN6O3/c15-12-6-5-10(21(23)24)7-11(12)14(22)16-8-13-17-18-19-20(13)9-3-1-2-4-9/h5-7,9H,1-4,8H2,(H,16,22). The molecule has 0 unspecified atom stereocenters. The number of carbonyl (C=O) groups is 1. The van der Waals surface area contributed by atoms with Gasteiger partial charge >= 0.3 is 0 Å². The van der Waals surface area contributed by atoms with Crippen molar-refractivity contribution >= 4 is 23.2 Å². The SMILES string of the molecule is O=C(NCc1nnnn1C1CCCC1)c1cc([N+](=O)[O-])ccc1Cl. The number of halogens is 1. The van der Waals surface area contributed by atoms with Crippen LogP contribution in [0.15, 0.2) is 18.2 Å². The summed E-state index contributed by atoms with van der Waals surface area (Å²) in [4.78, 5) is 22.5. The fraction of sp³-hybridized carbons (Fsp3) is 0.429. The molecule has 2 aromatic rings. The Hall–Kier alpha value is -2.55. The van der Waals surface area contributed by atoms with Crippen LogP contribution >= 0.6 is 11.6 Å². The lowest BCUT2D eigenvalue weighted by molar-refractivity contribution is -0.384. The van der Waals surface area contributed by atoms with Crippen LogP contribution < -0.4 is 5.32 Å². The summed E-state index contributed by atoms with van der Waals surface area (Å²) < 4.78 is 1.74. The van der Waals surface area contributed by atoms with Gasteiger partial charge in [0, 0.05) is 12.1 Å². The third-order valence-corrected chi connectivity index (χ3v) is 4.37. The highest BCUT2D eigenvalue weighted by Crippen LogP contribution is 2.29. The number of hydrogen-bond donors (Lipinski definition) is 1. The number of rotatable bonds is 5. The van der Waals surface area contributed by atoms with E-state index in [1.165, 1.54) is 12.1 Å². The Kier molecular flexibility index (Phi) is 4.70. The van der Waals surface area contributed by atoms with E-state index in [9.17, 15) is 14.9 Å². The van der Waals surface area contributed by atoms with E-state index < -0.39 is 10.8 Å². The van der Waals surface area contributed by atoms with E-state index in [-0.39, 0.29) is 28.9 Å². The van der Waals surface area contributed by atoms with Crippen molar-refractivity contribution in [3.63, 3.8) is 0 Å². The second-order valence-corrected chi connectivity index (χ2v) is 5.99. The molecule has 0 saturated heterocycles. The molecule has 1 fully saturated rings. The molecule has 0 spiro atoms. The monoisotopic (exact) mass is 350 g/mol. The number of carbonyl (C=O) groups excluding carboxylic acids is 1. The Labute approximate surface area is 142 Å². The first kappa shape index (κ1) is 16.3. The lowest BCUT2D eigenvalue weighted by Crippen LogP contribution is -2.26. The van der Waals surface area contributed by atoms with Gasteiger partial charge in [-0.25, -0.2) is 4.68 Å². The number of aromatic nitrogens is 4. The molecule has 9 nitrogen and oxygen atoms in total. The number of nitro benzene ring substituents is 1. The van der Waals surface area contributed by atoms with Gasteiger partial charge in [-0.15, -0.1) is 5.10 Å². The quantitative estimate of drug-likeness (QED) is 0.653. The summed E-state index contributed by atoms with van der Waals surface area (Å²) in [5.74, 6) is 0.0430. The molecule has 1 saturated carbocycles. The van der Waals surface area contributed by atoms with Crippen LogP contribution in [0.5, 0.6) is 0 Å². The summed E-state index contributed by atoms with van der Waals surface area (Å²) in [5.41, 5.74) is -0.147. The first-order valence-corrected chi connectivity index (χ1v) is 7.93. The third-order valence-electron chi connectivity index (χ3n) is 4.04. The lowest BCUT2D eigenvalue weighted by Gasteiger charge is -2.12. The molecule has 3 rings (SSSR count). The minimum atomic E-state index is -0.576. The highest BCUT2D eigenvalue weighted by molar-refractivity contribution is 6.33. The molecule has 1 heterocycles. The lowest BCUT2D eigenvalue weighted by atomic mass is 10.2. The average Bonchev–Trinajstić information content (AvgIpc) is 3.23. The average molecular weight is 351 g/mol. The summed E-state index contributed by atoms with van der Waals surface area (Å²) in [7, 11) is 0. The van der Waals surface area contributed by atoms with Gasteiger partial charge in [0.15, 0.2) is 5.82 Å². The predicted octanol–water partition coefficient (Wildman–Crippen LogP) is 2.28. The molecule has 1 aromatic carbocycles. The van der Waals surface area contributed by atoms with Gasteiger partial charge in [0.2, 0.25) is 0 Å². The van der Waals surface area contributed by atoms with E-state index in [4.69, 9.17) is 11.6 Å². The van der Waals surface area contributed by atoms with Crippen LogP contribution in [0, 0.1) is 10.1 Å². The Balaban J connectivity index is 1.71. The number of non-ortho nitro benzene ring substituents is 1. The molecule has 0 radical (unpaired) electrons. The van der Waals surface area contributed by atoms with Gasteiger partial charge in [-0.05, 0) is 29.3 Å². The number of amides is 1. The summed E-state index contributed by atoms with van der Waals surface area (Å²) >= 11 is 5.96. The summed E-state index contributed by atoms with van der Waals surface area (Å²) in [6.07, 6.45) is 4.31. The molecule has 1 N–H and O–H groups in total. The maximum atomic E-state index is 12.3. The smallest absolute Gasteiger partial charge is 0.270 e. The van der Waals surface area contributed by atoms with E-state index in [1.807, 2.05) is 0 Å². The first-order chi connectivity index (χ1) is 11.6. The first-order valence-electron chi connectivity index (χ1n) is 7.55. The number of nitrogens with one attached hydrogen (secondary N) is 1. The molecule has 1 aliphatic carbocycles. The third kappa shape index (κ3) is 3.35. The number of tetrazole rings is 1. The van der Waals surface area contributed by atoms with Gasteiger partial charge in [-0.1, -0.05) is 24.4 Å². The van der Waals surface area contributed by atoms with Crippen molar-refractivity contribution in [2.45, 2.75) is 38.3 Å². The van der Waals surface area contributed by atoms with Crippen molar-refractivity contribution in [2.24, 2.45) is 0 Å².